The minimum absolute atomic E-state index is 0.0704. The maximum Gasteiger partial charge on any atom is 0.434 e. The van der Waals surface area contributed by atoms with Crippen LogP contribution in [0.15, 0.2) is 34.1 Å². The molecular weight excluding hydrogens is 506 g/mol. The summed E-state index contributed by atoms with van der Waals surface area (Å²) in [7, 11) is -7.51. The smallest absolute Gasteiger partial charge is 0.426 e. The Labute approximate surface area is 185 Å². The zero-order valence-electron chi connectivity index (χ0n) is 17.0. The molecule has 1 aromatic carbocycles. The number of carbonyl (C=O) groups excluding carboxylic acids is 1. The Morgan fingerprint density at radius 2 is 1.45 bits per heavy atom. The second kappa shape index (κ2) is 9.66. The molecule has 1 aliphatic rings. The van der Waals surface area contributed by atoms with Crippen LogP contribution in [0, 0.1) is 5.92 Å². The summed E-state index contributed by atoms with van der Waals surface area (Å²) in [6.45, 7) is -0.555. The maximum absolute atomic E-state index is 12.5. The molecule has 0 atom stereocenters. The Morgan fingerprint density at radius 1 is 1.00 bits per heavy atom. The summed E-state index contributed by atoms with van der Waals surface area (Å²) >= 11 is 0. The Balaban J connectivity index is 1.90. The molecule has 0 aliphatic carbocycles. The van der Waals surface area contributed by atoms with E-state index in [9.17, 15) is 48.0 Å². The van der Waals surface area contributed by atoms with Gasteiger partial charge in [0.25, 0.3) is 6.10 Å². The highest BCUT2D eigenvalue weighted by molar-refractivity contribution is 7.90. The van der Waals surface area contributed by atoms with Gasteiger partial charge in [0.15, 0.2) is 9.84 Å². The molecule has 0 spiro atoms. The fourth-order valence-electron chi connectivity index (χ4n) is 2.99. The van der Waals surface area contributed by atoms with Crippen LogP contribution in [0.3, 0.4) is 0 Å². The van der Waals surface area contributed by atoms with Gasteiger partial charge in [-0.25, -0.2) is 26.4 Å². The topological polar surface area (TPSA) is 110 Å². The number of sulfonamides is 1. The van der Waals surface area contributed by atoms with Crippen LogP contribution in [-0.4, -0.2) is 72.2 Å². The standard InChI is InChI=1S/C17H20F6N2O6S2/c1-32(27,28)12-2-4-13(5-3-12)33(29,30)24-10-11-6-8-25(9-7-11)15(26)31-14(16(18,19)20)17(21,22)23/h2-5,11,14,24H,6-10H2,1H3. The first-order chi connectivity index (χ1) is 14.9. The summed E-state index contributed by atoms with van der Waals surface area (Å²) in [4.78, 5) is 12.2. The molecule has 0 saturated carbocycles. The highest BCUT2D eigenvalue weighted by atomic mass is 32.2. The van der Waals surface area contributed by atoms with Gasteiger partial charge in [0.05, 0.1) is 9.79 Å². The number of halogens is 6. The lowest BCUT2D eigenvalue weighted by atomic mass is 9.97. The van der Waals surface area contributed by atoms with E-state index in [0.717, 1.165) is 30.5 Å². The number of rotatable bonds is 6. The van der Waals surface area contributed by atoms with E-state index >= 15 is 0 Å². The molecule has 188 valence electrons. The van der Waals surface area contributed by atoms with Crippen LogP contribution in [-0.2, 0) is 24.6 Å². The van der Waals surface area contributed by atoms with E-state index in [0.29, 0.717) is 4.90 Å². The third-order valence-corrected chi connectivity index (χ3v) is 7.38. The summed E-state index contributed by atoms with van der Waals surface area (Å²) in [6.07, 6.45) is -16.5. The molecule has 1 aliphatic heterocycles. The Morgan fingerprint density at radius 3 is 1.88 bits per heavy atom. The fourth-order valence-corrected chi connectivity index (χ4v) is 4.74. The number of nitrogens with zero attached hydrogens (tertiary/aromatic N) is 1. The molecule has 0 unspecified atom stereocenters. The first-order valence-electron chi connectivity index (χ1n) is 9.30. The summed E-state index contributed by atoms with van der Waals surface area (Å²) < 4.78 is 129. The van der Waals surface area contributed by atoms with Gasteiger partial charge in [-0.05, 0) is 43.0 Å². The van der Waals surface area contributed by atoms with Gasteiger partial charge < -0.3 is 9.64 Å². The van der Waals surface area contributed by atoms with Crippen LogP contribution >= 0.6 is 0 Å². The average Bonchev–Trinajstić information content (AvgIpc) is 2.68. The number of likely N-dealkylation sites (tertiary alicyclic amines) is 1. The zero-order chi connectivity index (χ0) is 25.2. The molecule has 0 aromatic heterocycles. The quantitative estimate of drug-likeness (QED) is 0.571. The molecule has 0 radical (unpaired) electrons. The summed E-state index contributed by atoms with van der Waals surface area (Å²) in [5.41, 5.74) is 0. The highest BCUT2D eigenvalue weighted by Gasteiger charge is 2.60. The predicted molar refractivity (Wildman–Crippen MR) is 101 cm³/mol. The molecule has 1 saturated heterocycles. The lowest BCUT2D eigenvalue weighted by molar-refractivity contribution is -0.308. The van der Waals surface area contributed by atoms with Crippen LogP contribution in [0.25, 0.3) is 0 Å². The van der Waals surface area contributed by atoms with E-state index in [-0.39, 0.29) is 48.2 Å². The van der Waals surface area contributed by atoms with Crippen LogP contribution in [0.5, 0.6) is 0 Å². The molecule has 8 nitrogen and oxygen atoms in total. The molecule has 2 rings (SSSR count). The minimum Gasteiger partial charge on any atom is -0.426 e. The number of nitrogens with one attached hydrogen (secondary N) is 1. The minimum atomic E-state index is -5.82. The number of ether oxygens (including phenoxy) is 1. The first-order valence-corrected chi connectivity index (χ1v) is 12.7. The van der Waals surface area contributed by atoms with Crippen molar-refractivity contribution in [3.63, 3.8) is 0 Å². The number of benzene rings is 1. The van der Waals surface area contributed by atoms with E-state index in [4.69, 9.17) is 0 Å². The second-order valence-corrected chi connectivity index (χ2v) is 11.2. The van der Waals surface area contributed by atoms with E-state index in [1.807, 2.05) is 0 Å². The number of piperidine rings is 1. The Bertz CT molecular complexity index is 1030. The number of amides is 1. The molecule has 1 heterocycles. The summed E-state index contributed by atoms with van der Waals surface area (Å²) in [5, 5.41) is 0. The molecule has 16 heteroatoms. The van der Waals surface area contributed by atoms with Gasteiger partial charge >= 0.3 is 18.4 Å². The Hall–Kier alpha value is -2.07. The van der Waals surface area contributed by atoms with Crippen molar-refractivity contribution in [3.8, 4) is 0 Å². The van der Waals surface area contributed by atoms with Crippen molar-refractivity contribution < 1.29 is 52.7 Å². The van der Waals surface area contributed by atoms with E-state index < -0.39 is 44.4 Å². The van der Waals surface area contributed by atoms with Gasteiger partial charge in [0.2, 0.25) is 10.0 Å². The van der Waals surface area contributed by atoms with Gasteiger partial charge in [0, 0.05) is 25.9 Å². The number of hydrogen-bond acceptors (Lipinski definition) is 6. The van der Waals surface area contributed by atoms with Gasteiger partial charge in [0.1, 0.15) is 0 Å². The summed E-state index contributed by atoms with van der Waals surface area (Å²) in [6, 6.07) is 4.47. The van der Waals surface area contributed by atoms with E-state index in [1.54, 1.807) is 0 Å². The van der Waals surface area contributed by atoms with Crippen LogP contribution in [0.2, 0.25) is 0 Å². The van der Waals surface area contributed by atoms with Gasteiger partial charge in [-0.2, -0.15) is 26.3 Å². The van der Waals surface area contributed by atoms with Crippen molar-refractivity contribution in [2.75, 3.05) is 25.9 Å². The highest BCUT2D eigenvalue weighted by Crippen LogP contribution is 2.36. The van der Waals surface area contributed by atoms with Crippen molar-refractivity contribution in [1.82, 2.24) is 9.62 Å². The largest absolute Gasteiger partial charge is 0.434 e. The monoisotopic (exact) mass is 526 g/mol. The zero-order valence-corrected chi connectivity index (χ0v) is 18.6. The fraction of sp³-hybridized carbons (Fsp3) is 0.588. The van der Waals surface area contributed by atoms with Crippen molar-refractivity contribution >= 4 is 26.0 Å². The number of hydrogen-bond donors (Lipinski definition) is 1. The van der Waals surface area contributed by atoms with Crippen molar-refractivity contribution in [3.05, 3.63) is 24.3 Å². The van der Waals surface area contributed by atoms with Crippen molar-refractivity contribution in [2.45, 2.75) is 41.1 Å². The average molecular weight is 526 g/mol. The van der Waals surface area contributed by atoms with Gasteiger partial charge in [-0.1, -0.05) is 0 Å². The molecular formula is C17H20F6N2O6S2. The van der Waals surface area contributed by atoms with E-state index in [2.05, 4.69) is 9.46 Å². The lowest BCUT2D eigenvalue weighted by Gasteiger charge is -2.33. The molecule has 33 heavy (non-hydrogen) atoms. The molecule has 1 amide bonds. The first kappa shape index (κ1) is 27.2. The number of carbonyl (C=O) groups is 1. The number of sulfone groups is 1. The lowest BCUT2D eigenvalue weighted by Crippen LogP contribution is -2.49. The van der Waals surface area contributed by atoms with Gasteiger partial charge in [-0.15, -0.1) is 0 Å². The van der Waals surface area contributed by atoms with Crippen molar-refractivity contribution in [1.29, 1.82) is 0 Å². The molecule has 0 bridgehead atoms. The van der Waals surface area contributed by atoms with Gasteiger partial charge in [-0.3, -0.25) is 0 Å². The van der Waals surface area contributed by atoms with Crippen LogP contribution < -0.4 is 4.72 Å². The van der Waals surface area contributed by atoms with Crippen LogP contribution in [0.1, 0.15) is 12.8 Å². The SMILES string of the molecule is CS(=O)(=O)c1ccc(S(=O)(=O)NCC2CCN(C(=O)OC(C(F)(F)F)C(F)(F)F)CC2)cc1. The molecule has 1 aromatic rings. The number of alkyl halides is 6. The molecule has 1 N–H and O–H groups in total. The maximum atomic E-state index is 12.5. The second-order valence-electron chi connectivity index (χ2n) is 7.37. The summed E-state index contributed by atoms with van der Waals surface area (Å²) in [5.74, 6) is -0.347. The van der Waals surface area contributed by atoms with Crippen molar-refractivity contribution in [2.24, 2.45) is 5.92 Å². The predicted octanol–water partition coefficient (Wildman–Crippen LogP) is 2.71. The van der Waals surface area contributed by atoms with Crippen LogP contribution in [0.4, 0.5) is 31.1 Å². The third-order valence-electron chi connectivity index (χ3n) is 4.81. The molecule has 1 fully saturated rings. The van der Waals surface area contributed by atoms with E-state index in [1.165, 1.54) is 0 Å². The third kappa shape index (κ3) is 7.46. The Kier molecular flexibility index (Phi) is 7.95. The normalized spacial score (nSPS) is 16.8.